The molecule has 0 saturated carbocycles. The van der Waals surface area contributed by atoms with Gasteiger partial charge in [0, 0.05) is 25.5 Å². The summed E-state index contributed by atoms with van der Waals surface area (Å²) >= 11 is 0. The fourth-order valence-electron chi connectivity index (χ4n) is 3.64. The fourth-order valence-corrected chi connectivity index (χ4v) is 3.64. The third-order valence-corrected chi connectivity index (χ3v) is 4.95. The molecule has 0 aliphatic carbocycles. The smallest absolute Gasteiger partial charge is 0.252 e. The Balaban J connectivity index is 1.59. The molecule has 6 heteroatoms. The third kappa shape index (κ3) is 4.16. The Bertz CT molecular complexity index is 512. The summed E-state index contributed by atoms with van der Waals surface area (Å²) in [6, 6.07) is 2.13. The van der Waals surface area contributed by atoms with E-state index in [0.717, 1.165) is 45.4 Å². The normalized spacial score (nSPS) is 25.5. The lowest BCUT2D eigenvalue weighted by atomic mass is 10.1. The summed E-state index contributed by atoms with van der Waals surface area (Å²) < 4.78 is 13.5. The summed E-state index contributed by atoms with van der Waals surface area (Å²) in [4.78, 5) is 15.1. The van der Waals surface area contributed by atoms with E-state index < -0.39 is 0 Å². The molecule has 134 valence electrons. The first kappa shape index (κ1) is 17.4. The molecule has 3 heterocycles. The molecule has 1 aromatic rings. The first-order chi connectivity index (χ1) is 11.6. The van der Waals surface area contributed by atoms with E-state index in [0.29, 0.717) is 6.61 Å². The van der Waals surface area contributed by atoms with Crippen LogP contribution < -0.4 is 0 Å². The van der Waals surface area contributed by atoms with Gasteiger partial charge >= 0.3 is 0 Å². The van der Waals surface area contributed by atoms with E-state index >= 15 is 0 Å². The average molecular weight is 335 g/mol. The number of rotatable bonds is 7. The number of hydrogen-bond acceptors (Lipinski definition) is 4. The van der Waals surface area contributed by atoms with Crippen molar-refractivity contribution in [2.24, 2.45) is 5.92 Å². The number of carbonyl (C=O) groups excluding carboxylic acids is 1. The molecule has 1 aromatic heterocycles. The van der Waals surface area contributed by atoms with Gasteiger partial charge in [0.2, 0.25) is 0 Å². The highest BCUT2D eigenvalue weighted by Gasteiger charge is 2.35. The Kier molecular flexibility index (Phi) is 5.89. The number of aromatic nitrogens is 2. The van der Waals surface area contributed by atoms with E-state index in [1.807, 2.05) is 21.8 Å². The van der Waals surface area contributed by atoms with Crippen LogP contribution in [0.3, 0.4) is 0 Å². The monoisotopic (exact) mass is 335 g/mol. The molecule has 3 rings (SSSR count). The van der Waals surface area contributed by atoms with E-state index in [1.165, 1.54) is 0 Å². The van der Waals surface area contributed by atoms with Gasteiger partial charge in [-0.15, -0.1) is 0 Å². The van der Waals surface area contributed by atoms with Crippen molar-refractivity contribution in [2.75, 3.05) is 19.8 Å². The topological polar surface area (TPSA) is 56.6 Å². The molecule has 0 N–H and O–H groups in total. The van der Waals surface area contributed by atoms with Crippen molar-refractivity contribution in [1.82, 2.24) is 14.7 Å². The van der Waals surface area contributed by atoms with Gasteiger partial charge in [0.25, 0.3) is 5.91 Å². The van der Waals surface area contributed by atoms with Crippen LogP contribution in [0, 0.1) is 5.92 Å². The molecule has 24 heavy (non-hydrogen) atoms. The van der Waals surface area contributed by atoms with E-state index in [-0.39, 0.29) is 30.1 Å². The molecule has 1 amide bonds. The predicted molar refractivity (Wildman–Crippen MR) is 90.5 cm³/mol. The molecule has 6 nitrogen and oxygen atoms in total. The van der Waals surface area contributed by atoms with Crippen molar-refractivity contribution in [3.63, 3.8) is 0 Å². The number of hydrogen-bond donors (Lipinski definition) is 0. The second-order valence-corrected chi connectivity index (χ2v) is 7.19. The van der Waals surface area contributed by atoms with Crippen LogP contribution in [-0.4, -0.2) is 58.6 Å². The average Bonchev–Trinajstić information content (AvgIpc) is 3.29. The summed E-state index contributed by atoms with van der Waals surface area (Å²) in [6.45, 7) is 7.01. The minimum absolute atomic E-state index is 0.123. The maximum atomic E-state index is 13.1. The Hall–Kier alpha value is -1.40. The van der Waals surface area contributed by atoms with Gasteiger partial charge in [-0.25, -0.2) is 0 Å². The number of likely N-dealkylation sites (tertiary alicyclic amines) is 1. The lowest BCUT2D eigenvalue weighted by molar-refractivity contribution is -0.150. The van der Waals surface area contributed by atoms with Crippen molar-refractivity contribution >= 4 is 5.91 Å². The van der Waals surface area contributed by atoms with Crippen LogP contribution >= 0.6 is 0 Å². The van der Waals surface area contributed by atoms with E-state index in [4.69, 9.17) is 9.47 Å². The molecule has 3 atom stereocenters. The van der Waals surface area contributed by atoms with E-state index in [2.05, 4.69) is 18.9 Å². The Morgan fingerprint density at radius 3 is 2.92 bits per heavy atom. The molecular weight excluding hydrogens is 306 g/mol. The number of ether oxygens (including phenoxy) is 2. The molecule has 0 unspecified atom stereocenters. The van der Waals surface area contributed by atoms with Crippen LogP contribution in [0.15, 0.2) is 18.5 Å². The van der Waals surface area contributed by atoms with Gasteiger partial charge in [0.1, 0.15) is 6.10 Å². The highest BCUT2D eigenvalue weighted by atomic mass is 16.5. The van der Waals surface area contributed by atoms with Gasteiger partial charge in [0.15, 0.2) is 0 Å². The van der Waals surface area contributed by atoms with Gasteiger partial charge in [0.05, 0.1) is 25.3 Å². The summed E-state index contributed by atoms with van der Waals surface area (Å²) in [7, 11) is 0. The van der Waals surface area contributed by atoms with Crippen molar-refractivity contribution in [3.8, 4) is 0 Å². The molecule has 2 saturated heterocycles. The second kappa shape index (κ2) is 8.12. The van der Waals surface area contributed by atoms with Gasteiger partial charge in [-0.3, -0.25) is 9.48 Å². The van der Waals surface area contributed by atoms with Crippen LogP contribution in [-0.2, 0) is 20.8 Å². The van der Waals surface area contributed by atoms with Crippen LogP contribution in [0.2, 0.25) is 0 Å². The van der Waals surface area contributed by atoms with Gasteiger partial charge in [-0.05, 0) is 37.7 Å². The van der Waals surface area contributed by atoms with E-state index in [9.17, 15) is 4.79 Å². The second-order valence-electron chi connectivity index (χ2n) is 7.19. The summed E-state index contributed by atoms with van der Waals surface area (Å²) in [6.07, 6.45) is 7.70. The summed E-state index contributed by atoms with van der Waals surface area (Å²) in [5.41, 5.74) is 0. The highest BCUT2D eigenvalue weighted by Crippen LogP contribution is 2.23. The number of nitrogens with zero attached hydrogens (tertiary/aromatic N) is 3. The molecule has 0 aromatic carbocycles. The standard InChI is InChI=1S/C18H29N3O3/c1-14(2)17(24-13-16-7-4-11-23-16)18(22)21-10-3-6-15(21)12-20-9-5-8-19-20/h5,8-9,14-17H,3-4,6-7,10-13H2,1-2H3/t15-,16-,17-/m0/s1. The van der Waals surface area contributed by atoms with Crippen molar-refractivity contribution < 1.29 is 14.3 Å². The minimum Gasteiger partial charge on any atom is -0.376 e. The van der Waals surface area contributed by atoms with Crippen LogP contribution in [0.4, 0.5) is 0 Å². The zero-order valence-electron chi connectivity index (χ0n) is 14.8. The summed E-state index contributed by atoms with van der Waals surface area (Å²) in [5, 5.41) is 4.27. The minimum atomic E-state index is -0.382. The van der Waals surface area contributed by atoms with Crippen LogP contribution in [0.5, 0.6) is 0 Å². The molecule has 0 bridgehead atoms. The maximum absolute atomic E-state index is 13.1. The zero-order valence-corrected chi connectivity index (χ0v) is 14.8. The Labute approximate surface area is 144 Å². The van der Waals surface area contributed by atoms with Gasteiger partial charge in [-0.1, -0.05) is 13.8 Å². The largest absolute Gasteiger partial charge is 0.376 e. The zero-order chi connectivity index (χ0) is 16.9. The van der Waals surface area contributed by atoms with Crippen molar-refractivity contribution in [2.45, 2.75) is 64.3 Å². The Morgan fingerprint density at radius 2 is 2.25 bits per heavy atom. The molecule has 2 aliphatic heterocycles. The summed E-state index contributed by atoms with van der Waals surface area (Å²) in [5.74, 6) is 0.280. The Morgan fingerprint density at radius 1 is 1.38 bits per heavy atom. The van der Waals surface area contributed by atoms with Gasteiger partial charge < -0.3 is 14.4 Å². The quantitative estimate of drug-likeness (QED) is 0.766. The number of carbonyl (C=O) groups is 1. The van der Waals surface area contributed by atoms with Crippen molar-refractivity contribution in [1.29, 1.82) is 0 Å². The van der Waals surface area contributed by atoms with E-state index in [1.54, 1.807) is 6.20 Å². The molecule has 2 fully saturated rings. The first-order valence-electron chi connectivity index (χ1n) is 9.16. The predicted octanol–water partition coefficient (Wildman–Crippen LogP) is 2.09. The van der Waals surface area contributed by atoms with Crippen molar-refractivity contribution in [3.05, 3.63) is 18.5 Å². The number of amides is 1. The fraction of sp³-hybridized carbons (Fsp3) is 0.778. The molecule has 0 radical (unpaired) electrons. The molecule has 0 spiro atoms. The van der Waals surface area contributed by atoms with Crippen LogP contribution in [0.1, 0.15) is 39.5 Å². The molecule has 2 aliphatic rings. The SMILES string of the molecule is CC(C)[C@H](OC[C@@H]1CCCO1)C(=O)N1CCC[C@H]1Cn1cccn1. The maximum Gasteiger partial charge on any atom is 0.252 e. The molecular formula is C18H29N3O3. The lowest BCUT2D eigenvalue weighted by Gasteiger charge is -2.31. The lowest BCUT2D eigenvalue weighted by Crippen LogP contribution is -2.47. The van der Waals surface area contributed by atoms with Gasteiger partial charge in [-0.2, -0.15) is 5.10 Å². The van der Waals surface area contributed by atoms with Crippen LogP contribution in [0.25, 0.3) is 0 Å². The first-order valence-corrected chi connectivity index (χ1v) is 9.16. The third-order valence-electron chi connectivity index (χ3n) is 4.95. The highest BCUT2D eigenvalue weighted by molar-refractivity contribution is 5.81.